The van der Waals surface area contributed by atoms with Gasteiger partial charge in [-0.3, -0.25) is 5.41 Å². The summed E-state index contributed by atoms with van der Waals surface area (Å²) in [5.41, 5.74) is 5.94. The van der Waals surface area contributed by atoms with E-state index >= 15 is 0 Å². The quantitative estimate of drug-likeness (QED) is 0.562. The maximum Gasteiger partial charge on any atom is 0.224 e. The monoisotopic (exact) mass is 193 g/mol. The second-order valence-corrected chi connectivity index (χ2v) is 3.11. The fourth-order valence-electron chi connectivity index (χ4n) is 0.964. The molecule has 0 saturated carbocycles. The van der Waals surface area contributed by atoms with Gasteiger partial charge in [0, 0.05) is 6.20 Å². The third-order valence-corrected chi connectivity index (χ3v) is 1.95. The van der Waals surface area contributed by atoms with Crippen LogP contribution in [0.15, 0.2) is 18.3 Å². The molecule has 0 aliphatic carbocycles. The molecule has 1 heterocycles. The van der Waals surface area contributed by atoms with Crippen LogP contribution in [0, 0.1) is 5.41 Å². The Morgan fingerprint density at radius 2 is 2.43 bits per heavy atom. The molecule has 0 spiro atoms. The highest BCUT2D eigenvalue weighted by Crippen LogP contribution is 2.15. The molecule has 0 aliphatic heterocycles. The van der Waals surface area contributed by atoms with Gasteiger partial charge in [-0.1, -0.05) is 6.92 Å². The lowest BCUT2D eigenvalue weighted by atomic mass is 10.2. The van der Waals surface area contributed by atoms with Crippen molar-refractivity contribution in [3.8, 4) is 5.88 Å². The number of rotatable bonds is 4. The van der Waals surface area contributed by atoms with Gasteiger partial charge < -0.3 is 10.5 Å². The number of amidine groups is 1. The summed E-state index contributed by atoms with van der Waals surface area (Å²) < 4.78 is 5.52. The van der Waals surface area contributed by atoms with E-state index in [0.717, 1.165) is 6.42 Å². The lowest BCUT2D eigenvalue weighted by molar-refractivity contribution is 0.208. The van der Waals surface area contributed by atoms with Crippen molar-refractivity contribution in [3.05, 3.63) is 23.9 Å². The van der Waals surface area contributed by atoms with Crippen molar-refractivity contribution in [3.63, 3.8) is 0 Å². The number of nitrogens with two attached hydrogens (primary N) is 1. The fourth-order valence-corrected chi connectivity index (χ4v) is 0.964. The number of pyridine rings is 1. The molecule has 4 heteroatoms. The second kappa shape index (κ2) is 4.60. The van der Waals surface area contributed by atoms with Crippen molar-refractivity contribution in [2.75, 3.05) is 0 Å². The van der Waals surface area contributed by atoms with Crippen LogP contribution in [-0.4, -0.2) is 16.9 Å². The minimum Gasteiger partial charge on any atom is -0.474 e. The minimum absolute atomic E-state index is 0.0172. The van der Waals surface area contributed by atoms with Gasteiger partial charge in [0.25, 0.3) is 0 Å². The molecule has 1 unspecified atom stereocenters. The minimum atomic E-state index is -0.0172. The van der Waals surface area contributed by atoms with Crippen LogP contribution in [0.1, 0.15) is 25.8 Å². The SMILES string of the molecule is CCC(C)Oc1ncccc1C(=N)N. The summed E-state index contributed by atoms with van der Waals surface area (Å²) in [6, 6.07) is 3.47. The van der Waals surface area contributed by atoms with Crippen molar-refractivity contribution >= 4 is 5.84 Å². The largest absolute Gasteiger partial charge is 0.474 e. The molecule has 0 fully saturated rings. The number of aromatic nitrogens is 1. The summed E-state index contributed by atoms with van der Waals surface area (Å²) in [5.74, 6) is 0.422. The van der Waals surface area contributed by atoms with Crippen LogP contribution in [0.3, 0.4) is 0 Å². The molecule has 0 bridgehead atoms. The molecule has 76 valence electrons. The standard InChI is InChI=1S/C10H15N3O/c1-3-7(2)14-10-8(9(11)12)5-4-6-13-10/h4-7H,3H2,1-2H3,(H3,11,12). The van der Waals surface area contributed by atoms with Crippen LogP contribution in [0.2, 0.25) is 0 Å². The maximum atomic E-state index is 7.34. The molecule has 4 nitrogen and oxygen atoms in total. The molecule has 1 atom stereocenters. The van der Waals surface area contributed by atoms with Gasteiger partial charge in [-0.05, 0) is 25.5 Å². The Morgan fingerprint density at radius 3 is 3.00 bits per heavy atom. The van der Waals surface area contributed by atoms with Crippen molar-refractivity contribution in [1.29, 1.82) is 5.41 Å². The van der Waals surface area contributed by atoms with E-state index in [-0.39, 0.29) is 11.9 Å². The van der Waals surface area contributed by atoms with Gasteiger partial charge in [-0.25, -0.2) is 4.98 Å². The average Bonchev–Trinajstić information content (AvgIpc) is 2.18. The van der Waals surface area contributed by atoms with Gasteiger partial charge in [0.05, 0.1) is 11.7 Å². The van der Waals surface area contributed by atoms with E-state index in [1.54, 1.807) is 18.3 Å². The number of nitrogens with zero attached hydrogens (tertiary/aromatic N) is 1. The Balaban J connectivity index is 2.90. The van der Waals surface area contributed by atoms with Crippen molar-refractivity contribution in [2.24, 2.45) is 5.73 Å². The normalized spacial score (nSPS) is 12.1. The van der Waals surface area contributed by atoms with E-state index in [9.17, 15) is 0 Å². The Bertz CT molecular complexity index is 325. The average molecular weight is 193 g/mol. The van der Waals surface area contributed by atoms with Crippen LogP contribution >= 0.6 is 0 Å². The number of nitrogens with one attached hydrogen (secondary N) is 1. The summed E-state index contributed by atoms with van der Waals surface area (Å²) in [6.45, 7) is 3.99. The molecular weight excluding hydrogens is 178 g/mol. The first-order valence-corrected chi connectivity index (χ1v) is 4.61. The van der Waals surface area contributed by atoms with Crippen LogP contribution in [-0.2, 0) is 0 Å². The summed E-state index contributed by atoms with van der Waals surface area (Å²) >= 11 is 0. The molecule has 1 aromatic rings. The number of hydrogen-bond donors (Lipinski definition) is 2. The Labute approximate surface area is 83.6 Å². The number of nitrogen functional groups attached to an aromatic ring is 1. The van der Waals surface area contributed by atoms with Gasteiger partial charge in [0.15, 0.2) is 0 Å². The van der Waals surface area contributed by atoms with E-state index in [4.69, 9.17) is 15.9 Å². The zero-order valence-electron chi connectivity index (χ0n) is 8.45. The predicted molar refractivity (Wildman–Crippen MR) is 55.6 cm³/mol. The zero-order valence-corrected chi connectivity index (χ0v) is 8.45. The van der Waals surface area contributed by atoms with Gasteiger partial charge in [-0.15, -0.1) is 0 Å². The van der Waals surface area contributed by atoms with Gasteiger partial charge >= 0.3 is 0 Å². The van der Waals surface area contributed by atoms with E-state index < -0.39 is 0 Å². The smallest absolute Gasteiger partial charge is 0.224 e. The lowest BCUT2D eigenvalue weighted by Gasteiger charge is -2.13. The lowest BCUT2D eigenvalue weighted by Crippen LogP contribution is -2.17. The molecule has 14 heavy (non-hydrogen) atoms. The fraction of sp³-hybridized carbons (Fsp3) is 0.400. The van der Waals surface area contributed by atoms with Gasteiger partial charge in [0.1, 0.15) is 5.84 Å². The van der Waals surface area contributed by atoms with Crippen LogP contribution in [0.25, 0.3) is 0 Å². The molecule has 0 radical (unpaired) electrons. The molecule has 0 aliphatic rings. The molecule has 0 amide bonds. The summed E-state index contributed by atoms with van der Waals surface area (Å²) in [7, 11) is 0. The van der Waals surface area contributed by atoms with Crippen molar-refractivity contribution in [1.82, 2.24) is 4.98 Å². The van der Waals surface area contributed by atoms with E-state index in [1.807, 2.05) is 13.8 Å². The summed E-state index contributed by atoms with van der Waals surface area (Å²) in [4.78, 5) is 4.04. The highest BCUT2D eigenvalue weighted by Gasteiger charge is 2.09. The number of ether oxygens (including phenoxy) is 1. The molecule has 0 aromatic carbocycles. The predicted octanol–water partition coefficient (Wildman–Crippen LogP) is 1.54. The van der Waals surface area contributed by atoms with E-state index in [2.05, 4.69) is 4.98 Å². The van der Waals surface area contributed by atoms with Crippen LogP contribution in [0.4, 0.5) is 0 Å². The Morgan fingerprint density at radius 1 is 1.71 bits per heavy atom. The highest BCUT2D eigenvalue weighted by molar-refractivity contribution is 5.96. The molecule has 0 saturated heterocycles. The van der Waals surface area contributed by atoms with Gasteiger partial charge in [0.2, 0.25) is 5.88 Å². The molecule has 1 rings (SSSR count). The maximum absolute atomic E-state index is 7.34. The van der Waals surface area contributed by atoms with Crippen LogP contribution < -0.4 is 10.5 Å². The first-order chi connectivity index (χ1) is 6.65. The topological polar surface area (TPSA) is 72.0 Å². The highest BCUT2D eigenvalue weighted by atomic mass is 16.5. The molecule has 3 N–H and O–H groups in total. The first-order valence-electron chi connectivity index (χ1n) is 4.61. The summed E-state index contributed by atoms with van der Waals surface area (Å²) in [6.07, 6.45) is 2.61. The van der Waals surface area contributed by atoms with Crippen molar-refractivity contribution in [2.45, 2.75) is 26.4 Å². The molecule has 1 aromatic heterocycles. The third-order valence-electron chi connectivity index (χ3n) is 1.95. The second-order valence-electron chi connectivity index (χ2n) is 3.11. The van der Waals surface area contributed by atoms with E-state index in [0.29, 0.717) is 11.4 Å². The van der Waals surface area contributed by atoms with Crippen LogP contribution in [0.5, 0.6) is 5.88 Å². The van der Waals surface area contributed by atoms with E-state index in [1.165, 1.54) is 0 Å². The number of hydrogen-bond acceptors (Lipinski definition) is 3. The van der Waals surface area contributed by atoms with Gasteiger partial charge in [-0.2, -0.15) is 0 Å². The third kappa shape index (κ3) is 2.45. The van der Waals surface area contributed by atoms with Crippen molar-refractivity contribution < 1.29 is 4.74 Å². The Hall–Kier alpha value is -1.58. The Kier molecular flexibility index (Phi) is 3.45. The summed E-state index contributed by atoms with van der Waals surface area (Å²) in [5, 5.41) is 7.34. The zero-order chi connectivity index (χ0) is 10.6. The molecular formula is C10H15N3O. The first kappa shape index (κ1) is 10.5.